The van der Waals surface area contributed by atoms with Crippen molar-refractivity contribution in [2.75, 3.05) is 6.54 Å². The highest BCUT2D eigenvalue weighted by atomic mass is 35.5. The van der Waals surface area contributed by atoms with Gasteiger partial charge in [-0.05, 0) is 29.8 Å². The van der Waals surface area contributed by atoms with Crippen LogP contribution in [0.2, 0.25) is 5.02 Å². The predicted octanol–water partition coefficient (Wildman–Crippen LogP) is 2.85. The first-order valence-electron chi connectivity index (χ1n) is 6.54. The van der Waals surface area contributed by atoms with E-state index in [1.807, 2.05) is 0 Å². The molecule has 0 saturated carbocycles. The van der Waals surface area contributed by atoms with E-state index >= 15 is 0 Å². The largest absolute Gasteiger partial charge is 0.387 e. The first-order chi connectivity index (χ1) is 10.9. The maximum absolute atomic E-state index is 13.1. The van der Waals surface area contributed by atoms with E-state index < -0.39 is 22.8 Å². The zero-order valence-electron chi connectivity index (χ0n) is 11.7. The van der Waals surface area contributed by atoms with Crippen molar-refractivity contribution in [1.82, 2.24) is 5.32 Å². The normalized spacial score (nSPS) is 11.8. The fraction of sp³-hybridized carbons (Fsp3) is 0.133. The first-order valence-corrected chi connectivity index (χ1v) is 6.92. The Balaban J connectivity index is 2.02. The summed E-state index contributed by atoms with van der Waals surface area (Å²) in [6, 6.07) is 8.94. The molecule has 0 radical (unpaired) electrons. The van der Waals surface area contributed by atoms with Gasteiger partial charge in [0, 0.05) is 18.2 Å². The Labute approximate surface area is 135 Å². The van der Waals surface area contributed by atoms with Crippen LogP contribution in [0.1, 0.15) is 22.0 Å². The molecule has 2 N–H and O–H groups in total. The SMILES string of the molecule is O=C(NC[C@@H](O)c1cccc(F)c1)c1ccc([N+](=O)[O-])c(Cl)c1. The summed E-state index contributed by atoms with van der Waals surface area (Å²) in [5.74, 6) is -1.05. The molecule has 120 valence electrons. The molecule has 23 heavy (non-hydrogen) atoms. The Kier molecular flexibility index (Phi) is 5.25. The molecule has 0 aliphatic carbocycles. The summed E-state index contributed by atoms with van der Waals surface area (Å²) < 4.78 is 13.1. The zero-order valence-corrected chi connectivity index (χ0v) is 12.5. The first kappa shape index (κ1) is 16.9. The number of halogens is 2. The Morgan fingerprint density at radius 2 is 2.09 bits per heavy atom. The second-order valence-electron chi connectivity index (χ2n) is 4.70. The quantitative estimate of drug-likeness (QED) is 0.647. The lowest BCUT2D eigenvalue weighted by atomic mass is 10.1. The van der Waals surface area contributed by atoms with Gasteiger partial charge in [0.2, 0.25) is 0 Å². The van der Waals surface area contributed by atoms with Crippen molar-refractivity contribution in [2.24, 2.45) is 0 Å². The lowest BCUT2D eigenvalue weighted by Crippen LogP contribution is -2.28. The van der Waals surface area contributed by atoms with Crippen LogP contribution in [0.5, 0.6) is 0 Å². The standard InChI is InChI=1S/C15H12ClFN2O4/c16-12-7-10(4-5-13(12)19(22)23)15(21)18-8-14(20)9-2-1-3-11(17)6-9/h1-7,14,20H,8H2,(H,18,21)/t14-/m1/s1. The number of nitro groups is 1. The smallest absolute Gasteiger partial charge is 0.287 e. The molecular weight excluding hydrogens is 327 g/mol. The van der Waals surface area contributed by atoms with Crippen LogP contribution in [-0.2, 0) is 0 Å². The molecule has 6 nitrogen and oxygen atoms in total. The Morgan fingerprint density at radius 1 is 1.35 bits per heavy atom. The summed E-state index contributed by atoms with van der Waals surface area (Å²) in [5, 5.41) is 22.9. The highest BCUT2D eigenvalue weighted by Gasteiger charge is 2.16. The number of nitrogens with zero attached hydrogens (tertiary/aromatic N) is 1. The van der Waals surface area contributed by atoms with E-state index in [1.54, 1.807) is 0 Å². The van der Waals surface area contributed by atoms with E-state index in [4.69, 9.17) is 11.6 Å². The second-order valence-corrected chi connectivity index (χ2v) is 5.11. The van der Waals surface area contributed by atoms with Crippen molar-refractivity contribution in [3.63, 3.8) is 0 Å². The number of carbonyl (C=O) groups is 1. The molecule has 0 aromatic heterocycles. The van der Waals surface area contributed by atoms with E-state index in [9.17, 15) is 24.4 Å². The van der Waals surface area contributed by atoms with Crippen molar-refractivity contribution < 1.29 is 19.2 Å². The second kappa shape index (κ2) is 7.17. The predicted molar refractivity (Wildman–Crippen MR) is 81.8 cm³/mol. The molecule has 2 rings (SSSR count). The minimum absolute atomic E-state index is 0.118. The fourth-order valence-corrected chi connectivity index (χ4v) is 2.17. The minimum Gasteiger partial charge on any atom is -0.387 e. The van der Waals surface area contributed by atoms with Gasteiger partial charge in [0.05, 0.1) is 11.0 Å². The summed E-state index contributed by atoms with van der Waals surface area (Å²) in [5.41, 5.74) is 0.141. The molecule has 0 aliphatic rings. The van der Waals surface area contributed by atoms with Crippen molar-refractivity contribution in [3.8, 4) is 0 Å². The summed E-state index contributed by atoms with van der Waals surface area (Å²) in [7, 11) is 0. The maximum atomic E-state index is 13.1. The molecule has 8 heteroatoms. The third-order valence-corrected chi connectivity index (χ3v) is 3.40. The third kappa shape index (κ3) is 4.24. The highest BCUT2D eigenvalue weighted by molar-refractivity contribution is 6.33. The van der Waals surface area contributed by atoms with Crippen molar-refractivity contribution in [2.45, 2.75) is 6.10 Å². The summed E-state index contributed by atoms with van der Waals surface area (Å²) >= 11 is 5.73. The van der Waals surface area contributed by atoms with Crippen molar-refractivity contribution in [1.29, 1.82) is 0 Å². The Morgan fingerprint density at radius 3 is 2.70 bits per heavy atom. The molecule has 0 saturated heterocycles. The van der Waals surface area contributed by atoms with Crippen LogP contribution in [0.15, 0.2) is 42.5 Å². The average Bonchev–Trinajstić information content (AvgIpc) is 2.51. The number of carbonyl (C=O) groups excluding carboxylic acids is 1. The molecule has 0 bridgehead atoms. The van der Waals surface area contributed by atoms with E-state index in [-0.39, 0.29) is 22.8 Å². The number of benzene rings is 2. The highest BCUT2D eigenvalue weighted by Crippen LogP contribution is 2.25. The fourth-order valence-electron chi connectivity index (χ4n) is 1.92. The topological polar surface area (TPSA) is 92.5 Å². The summed E-state index contributed by atoms with van der Waals surface area (Å²) in [4.78, 5) is 22.0. The van der Waals surface area contributed by atoms with E-state index in [1.165, 1.54) is 36.4 Å². The van der Waals surface area contributed by atoms with E-state index in [0.29, 0.717) is 5.56 Å². The lowest BCUT2D eigenvalue weighted by Gasteiger charge is -2.12. The van der Waals surface area contributed by atoms with Crippen LogP contribution in [0.4, 0.5) is 10.1 Å². The van der Waals surface area contributed by atoms with Crippen LogP contribution in [0.3, 0.4) is 0 Å². The molecular formula is C15H12ClFN2O4. The minimum atomic E-state index is -1.08. The number of hydrogen-bond acceptors (Lipinski definition) is 4. The van der Waals surface area contributed by atoms with Gasteiger partial charge in [0.1, 0.15) is 10.8 Å². The lowest BCUT2D eigenvalue weighted by molar-refractivity contribution is -0.384. The number of amides is 1. The molecule has 1 amide bonds. The van der Waals surface area contributed by atoms with Gasteiger partial charge in [-0.3, -0.25) is 14.9 Å². The van der Waals surface area contributed by atoms with Crippen LogP contribution in [0, 0.1) is 15.9 Å². The van der Waals surface area contributed by atoms with Gasteiger partial charge in [-0.1, -0.05) is 23.7 Å². The van der Waals surface area contributed by atoms with Crippen LogP contribution >= 0.6 is 11.6 Å². The number of aliphatic hydroxyl groups excluding tert-OH is 1. The number of rotatable bonds is 5. The van der Waals surface area contributed by atoms with Gasteiger partial charge in [-0.2, -0.15) is 0 Å². The monoisotopic (exact) mass is 338 g/mol. The molecule has 0 aliphatic heterocycles. The summed E-state index contributed by atoms with van der Waals surface area (Å²) in [6.07, 6.45) is -1.08. The molecule has 2 aromatic rings. The molecule has 1 atom stereocenters. The van der Waals surface area contributed by atoms with Gasteiger partial charge in [-0.25, -0.2) is 4.39 Å². The van der Waals surface area contributed by atoms with Crippen molar-refractivity contribution in [3.05, 3.63) is 74.5 Å². The van der Waals surface area contributed by atoms with Crippen molar-refractivity contribution >= 4 is 23.2 Å². The Bertz CT molecular complexity index is 754. The molecule has 0 spiro atoms. The number of aliphatic hydroxyl groups is 1. The van der Waals surface area contributed by atoms with Gasteiger partial charge < -0.3 is 10.4 Å². The van der Waals surface area contributed by atoms with E-state index in [2.05, 4.69) is 5.32 Å². The average molecular weight is 339 g/mol. The van der Waals surface area contributed by atoms with Crippen LogP contribution in [0.25, 0.3) is 0 Å². The maximum Gasteiger partial charge on any atom is 0.287 e. The van der Waals surface area contributed by atoms with Gasteiger partial charge in [0.25, 0.3) is 11.6 Å². The molecule has 0 unspecified atom stereocenters. The Hall–Kier alpha value is -2.51. The molecule has 0 fully saturated rings. The van der Waals surface area contributed by atoms with Gasteiger partial charge >= 0.3 is 0 Å². The summed E-state index contributed by atoms with van der Waals surface area (Å²) in [6.45, 7) is -0.142. The van der Waals surface area contributed by atoms with E-state index in [0.717, 1.165) is 6.07 Å². The van der Waals surface area contributed by atoms with Crippen LogP contribution < -0.4 is 5.32 Å². The number of nitrogens with one attached hydrogen (secondary N) is 1. The molecule has 2 aromatic carbocycles. The van der Waals surface area contributed by atoms with Gasteiger partial charge in [0.15, 0.2) is 0 Å². The third-order valence-electron chi connectivity index (χ3n) is 3.10. The number of nitro benzene ring substituents is 1. The molecule has 0 heterocycles. The van der Waals surface area contributed by atoms with Crippen LogP contribution in [-0.4, -0.2) is 22.5 Å². The zero-order chi connectivity index (χ0) is 17.0. The number of hydrogen-bond donors (Lipinski definition) is 2. The van der Waals surface area contributed by atoms with Gasteiger partial charge in [-0.15, -0.1) is 0 Å².